The van der Waals surface area contributed by atoms with Gasteiger partial charge in [0.15, 0.2) is 0 Å². The summed E-state index contributed by atoms with van der Waals surface area (Å²) in [7, 11) is 4.42. The fourth-order valence-corrected chi connectivity index (χ4v) is 5.92. The summed E-state index contributed by atoms with van der Waals surface area (Å²) in [6, 6.07) is 13.0. The minimum absolute atomic E-state index is 0.0877. The second-order valence-corrected chi connectivity index (χ2v) is 10.8. The highest BCUT2D eigenvalue weighted by atomic mass is 16.1. The van der Waals surface area contributed by atoms with Gasteiger partial charge in [0.1, 0.15) is 23.7 Å². The summed E-state index contributed by atoms with van der Waals surface area (Å²) < 4.78 is 3.12. The van der Waals surface area contributed by atoms with Crippen molar-refractivity contribution in [2.45, 2.75) is 58.2 Å². The van der Waals surface area contributed by atoms with E-state index in [1.807, 2.05) is 48.0 Å². The Bertz CT molecular complexity index is 1240. The van der Waals surface area contributed by atoms with E-state index >= 15 is 0 Å². The van der Waals surface area contributed by atoms with Gasteiger partial charge in [-0.05, 0) is 62.6 Å². The summed E-state index contributed by atoms with van der Waals surface area (Å²) in [6.45, 7) is 7.76. The summed E-state index contributed by atoms with van der Waals surface area (Å²) in [5, 5.41) is 7.28. The van der Waals surface area contributed by atoms with Crippen LogP contribution in [0.1, 0.15) is 38.9 Å². The molecule has 0 amide bonds. The lowest BCUT2D eigenvalue weighted by Gasteiger charge is -2.35. The first-order valence-corrected chi connectivity index (χ1v) is 12.5. The molecule has 2 N–H and O–H groups in total. The van der Waals surface area contributed by atoms with Crippen molar-refractivity contribution in [1.29, 1.82) is 0 Å². The number of benzene rings is 1. The molecule has 4 heterocycles. The van der Waals surface area contributed by atoms with E-state index in [0.29, 0.717) is 5.39 Å². The zero-order chi connectivity index (χ0) is 23.9. The molecule has 0 saturated carbocycles. The largest absolute Gasteiger partial charge is 0.340 e. The summed E-state index contributed by atoms with van der Waals surface area (Å²) in [4.78, 5) is 22.7. The summed E-state index contributed by atoms with van der Waals surface area (Å²) >= 11 is 0. The van der Waals surface area contributed by atoms with Crippen molar-refractivity contribution in [3.63, 3.8) is 0 Å². The average Bonchev–Trinajstić information content (AvgIpc) is 3.36. The van der Waals surface area contributed by atoms with Crippen LogP contribution in [0.3, 0.4) is 0 Å². The number of nitrogens with zero attached hydrogens (tertiary/aromatic N) is 4. The normalized spacial score (nSPS) is 28.0. The third kappa shape index (κ3) is 4.23. The number of pyridine rings is 1. The van der Waals surface area contributed by atoms with Crippen LogP contribution >= 0.6 is 0 Å². The molecule has 1 saturated heterocycles. The molecule has 0 bridgehead atoms. The van der Waals surface area contributed by atoms with Crippen molar-refractivity contribution >= 4 is 22.4 Å². The molecule has 4 unspecified atom stereocenters. The minimum atomic E-state index is 0.0877. The predicted molar refractivity (Wildman–Crippen MR) is 137 cm³/mol. The Hall–Kier alpha value is -2.77. The van der Waals surface area contributed by atoms with Crippen molar-refractivity contribution in [2.24, 2.45) is 5.41 Å². The summed E-state index contributed by atoms with van der Waals surface area (Å²) in [5.41, 5.74) is 1.87. The number of quaternary nitrogens is 1. The van der Waals surface area contributed by atoms with Gasteiger partial charge < -0.3 is 15.1 Å². The smallest absolute Gasteiger partial charge is 0.261 e. The van der Waals surface area contributed by atoms with Crippen molar-refractivity contribution in [1.82, 2.24) is 19.9 Å². The number of likely N-dealkylation sites (N-methyl/N-ethyl adjacent to an activating group) is 2. The Labute approximate surface area is 201 Å². The SMILES string of the molecule is CNCC[N+]1(C)C(C)C1CCC1(C)CCc2nc3cc(Nc4ccccn4)ccc3c(=O)n2C1. The van der Waals surface area contributed by atoms with Crippen molar-refractivity contribution < 1.29 is 4.48 Å². The van der Waals surface area contributed by atoms with Crippen LogP contribution in [-0.4, -0.2) is 58.3 Å². The second kappa shape index (κ2) is 8.78. The number of rotatable bonds is 8. The van der Waals surface area contributed by atoms with E-state index < -0.39 is 0 Å². The number of aromatic nitrogens is 3. The first-order chi connectivity index (χ1) is 16.3. The van der Waals surface area contributed by atoms with Crippen LogP contribution in [0.5, 0.6) is 0 Å². The van der Waals surface area contributed by atoms with Gasteiger partial charge in [0.25, 0.3) is 5.56 Å². The van der Waals surface area contributed by atoms with Crippen LogP contribution in [0.15, 0.2) is 47.4 Å². The van der Waals surface area contributed by atoms with Crippen LogP contribution in [-0.2, 0) is 13.0 Å². The van der Waals surface area contributed by atoms with Gasteiger partial charge in [-0.25, -0.2) is 9.97 Å². The fraction of sp³-hybridized carbons (Fsp3) is 0.519. The lowest BCUT2D eigenvalue weighted by molar-refractivity contribution is -0.803. The van der Waals surface area contributed by atoms with Gasteiger partial charge in [-0.3, -0.25) is 9.36 Å². The zero-order valence-electron chi connectivity index (χ0n) is 20.8. The molecule has 0 aliphatic carbocycles. The molecule has 180 valence electrons. The Morgan fingerprint density at radius 3 is 2.88 bits per heavy atom. The van der Waals surface area contributed by atoms with Crippen LogP contribution in [0, 0.1) is 5.41 Å². The topological polar surface area (TPSA) is 71.8 Å². The van der Waals surface area contributed by atoms with Gasteiger partial charge >= 0.3 is 0 Å². The third-order valence-corrected chi connectivity index (χ3v) is 8.51. The van der Waals surface area contributed by atoms with E-state index in [4.69, 9.17) is 4.98 Å². The van der Waals surface area contributed by atoms with E-state index in [1.54, 1.807) is 6.20 Å². The third-order valence-electron chi connectivity index (χ3n) is 8.51. The standard InChI is InChI=1S/C27H36N6O/c1-19-23(33(19,4)16-15-28-3)10-12-27(2)13-11-25-31-22-17-20(30-24-7-5-6-14-29-24)8-9-21(22)26(34)32(25)18-27/h5-9,14,17,19,23,28H,10-13,15-16,18H2,1-4H3/p+1. The number of fused-ring (bicyclic) bond motifs is 2. The highest BCUT2D eigenvalue weighted by Gasteiger charge is 2.59. The van der Waals surface area contributed by atoms with Gasteiger partial charge in [0.2, 0.25) is 0 Å². The molecule has 34 heavy (non-hydrogen) atoms. The highest BCUT2D eigenvalue weighted by Crippen LogP contribution is 2.44. The lowest BCUT2D eigenvalue weighted by Crippen LogP contribution is -2.38. The van der Waals surface area contributed by atoms with Gasteiger partial charge in [-0.1, -0.05) is 13.0 Å². The van der Waals surface area contributed by atoms with Crippen LogP contribution in [0.25, 0.3) is 10.9 Å². The van der Waals surface area contributed by atoms with E-state index in [2.05, 4.69) is 36.5 Å². The molecular weight excluding hydrogens is 424 g/mol. The molecule has 7 heteroatoms. The summed E-state index contributed by atoms with van der Waals surface area (Å²) in [5.74, 6) is 1.69. The van der Waals surface area contributed by atoms with E-state index in [9.17, 15) is 4.79 Å². The molecule has 5 rings (SSSR count). The predicted octanol–water partition coefficient (Wildman–Crippen LogP) is 3.70. The van der Waals surface area contributed by atoms with E-state index in [0.717, 1.165) is 67.3 Å². The molecule has 0 spiro atoms. The first-order valence-electron chi connectivity index (χ1n) is 12.5. The highest BCUT2D eigenvalue weighted by molar-refractivity contribution is 5.82. The minimum Gasteiger partial charge on any atom is -0.340 e. The zero-order valence-corrected chi connectivity index (χ0v) is 20.8. The Morgan fingerprint density at radius 2 is 2.12 bits per heavy atom. The van der Waals surface area contributed by atoms with E-state index in [-0.39, 0.29) is 11.0 Å². The van der Waals surface area contributed by atoms with Gasteiger partial charge in [-0.2, -0.15) is 0 Å². The van der Waals surface area contributed by atoms with Gasteiger partial charge in [-0.15, -0.1) is 0 Å². The maximum Gasteiger partial charge on any atom is 0.261 e. The Morgan fingerprint density at radius 1 is 1.26 bits per heavy atom. The quantitative estimate of drug-likeness (QED) is 0.395. The van der Waals surface area contributed by atoms with Crippen molar-refractivity contribution in [2.75, 3.05) is 32.5 Å². The molecule has 2 aliphatic heterocycles. The number of hydrogen-bond acceptors (Lipinski definition) is 5. The van der Waals surface area contributed by atoms with Crippen LogP contribution in [0.2, 0.25) is 0 Å². The second-order valence-electron chi connectivity index (χ2n) is 10.8. The number of nitrogens with one attached hydrogen (secondary N) is 2. The Kier molecular flexibility index (Phi) is 5.94. The number of anilines is 2. The molecule has 4 atom stereocenters. The molecule has 1 aromatic carbocycles. The van der Waals surface area contributed by atoms with E-state index in [1.165, 1.54) is 17.4 Å². The van der Waals surface area contributed by atoms with Gasteiger partial charge in [0.05, 0.1) is 24.5 Å². The molecular formula is C27H37N6O+. The maximum absolute atomic E-state index is 13.4. The molecule has 2 aliphatic rings. The average molecular weight is 462 g/mol. The van der Waals surface area contributed by atoms with Crippen molar-refractivity contribution in [3.05, 3.63) is 58.8 Å². The van der Waals surface area contributed by atoms with Crippen molar-refractivity contribution in [3.8, 4) is 0 Å². The van der Waals surface area contributed by atoms with Crippen LogP contribution < -0.4 is 16.2 Å². The lowest BCUT2D eigenvalue weighted by atomic mass is 9.78. The molecule has 3 aromatic rings. The number of hydrogen-bond donors (Lipinski definition) is 2. The first kappa shape index (κ1) is 23.0. The Balaban J connectivity index is 1.32. The maximum atomic E-state index is 13.4. The van der Waals surface area contributed by atoms with Crippen LogP contribution in [0.4, 0.5) is 11.5 Å². The monoisotopic (exact) mass is 461 g/mol. The molecule has 1 fully saturated rings. The fourth-order valence-electron chi connectivity index (χ4n) is 5.92. The number of aryl methyl sites for hydroxylation is 1. The molecule has 0 radical (unpaired) electrons. The molecule has 2 aromatic heterocycles. The summed E-state index contributed by atoms with van der Waals surface area (Å²) in [6.07, 6.45) is 6.08. The molecule has 7 nitrogen and oxygen atoms in total. The van der Waals surface area contributed by atoms with Gasteiger partial charge in [0, 0.05) is 37.8 Å².